The second kappa shape index (κ2) is 6.74. The van der Waals surface area contributed by atoms with Crippen molar-refractivity contribution in [1.82, 2.24) is 15.0 Å². The molecule has 2 aromatic heterocycles. The molecule has 6 nitrogen and oxygen atoms in total. The van der Waals surface area contributed by atoms with E-state index >= 15 is 0 Å². The molecule has 0 spiro atoms. The number of β-amino-alcohol motifs (C(OH)–C–C–N with tert-alkyl or cyclic N) is 1. The number of likely N-dealkylation sites (tertiary alicyclic amines) is 1. The zero-order valence-electron chi connectivity index (χ0n) is 14.4. The summed E-state index contributed by atoms with van der Waals surface area (Å²) in [4.78, 5) is 6.86. The number of aliphatic hydroxyl groups excluding tert-OH is 1. The van der Waals surface area contributed by atoms with Crippen molar-refractivity contribution in [3.8, 4) is 0 Å². The molecule has 4 rings (SSSR count). The largest absolute Gasteiger partial charge is 0.390 e. The molecule has 0 unspecified atom stereocenters. The van der Waals surface area contributed by atoms with Gasteiger partial charge in [-0.1, -0.05) is 28.6 Å². The Labute approximate surface area is 150 Å². The van der Waals surface area contributed by atoms with Gasteiger partial charge in [-0.15, -0.1) is 0 Å². The van der Waals surface area contributed by atoms with Crippen molar-refractivity contribution in [2.45, 2.75) is 39.0 Å². The lowest BCUT2D eigenvalue weighted by Crippen LogP contribution is -2.49. The molecule has 2 N–H and O–H groups in total. The minimum absolute atomic E-state index is 0.0291. The van der Waals surface area contributed by atoms with Gasteiger partial charge in [0.1, 0.15) is 5.76 Å². The first kappa shape index (κ1) is 16.5. The fraction of sp³-hybridized carbons (Fsp3) is 0.444. The summed E-state index contributed by atoms with van der Waals surface area (Å²) in [5, 5.41) is 18.9. The van der Waals surface area contributed by atoms with Gasteiger partial charge in [0.05, 0.1) is 28.1 Å². The first-order valence-corrected chi connectivity index (χ1v) is 9.36. The molecule has 3 heterocycles. The van der Waals surface area contributed by atoms with Crippen LogP contribution in [0.1, 0.15) is 23.4 Å². The van der Waals surface area contributed by atoms with E-state index in [0.717, 1.165) is 51.9 Å². The summed E-state index contributed by atoms with van der Waals surface area (Å²) in [6.45, 7) is 6.22. The molecule has 1 saturated heterocycles. The number of aryl methyl sites for hydroxylation is 2. The molecule has 0 aliphatic carbocycles. The lowest BCUT2D eigenvalue weighted by Gasteiger charge is -2.36. The van der Waals surface area contributed by atoms with Gasteiger partial charge in [0.2, 0.25) is 0 Å². The molecule has 1 aliphatic heterocycles. The topological polar surface area (TPSA) is 74.4 Å². The van der Waals surface area contributed by atoms with Gasteiger partial charge < -0.3 is 14.9 Å². The number of para-hydroxylation sites is 1. The number of aromatic nitrogens is 2. The summed E-state index contributed by atoms with van der Waals surface area (Å²) in [7, 11) is 0. The maximum absolute atomic E-state index is 10.6. The molecular weight excluding hydrogens is 336 g/mol. The van der Waals surface area contributed by atoms with Crippen molar-refractivity contribution in [1.29, 1.82) is 0 Å². The van der Waals surface area contributed by atoms with E-state index in [1.807, 2.05) is 32.0 Å². The Kier molecular flexibility index (Phi) is 4.45. The number of nitrogens with zero attached hydrogens (tertiary/aromatic N) is 3. The molecule has 0 bridgehead atoms. The lowest BCUT2D eigenvalue weighted by atomic mass is 10.0. The van der Waals surface area contributed by atoms with E-state index in [2.05, 4.69) is 26.4 Å². The van der Waals surface area contributed by atoms with Crippen LogP contribution in [-0.4, -0.2) is 45.4 Å². The summed E-state index contributed by atoms with van der Waals surface area (Å²) in [6.07, 6.45) is 0.446. The summed E-state index contributed by atoms with van der Waals surface area (Å²) in [5.41, 5.74) is 3.06. The molecule has 3 aromatic rings. The van der Waals surface area contributed by atoms with Gasteiger partial charge in [0.15, 0.2) is 5.13 Å². The van der Waals surface area contributed by atoms with Gasteiger partial charge in [0.25, 0.3) is 0 Å². The Morgan fingerprint density at radius 2 is 2.20 bits per heavy atom. The fourth-order valence-electron chi connectivity index (χ4n) is 3.35. The molecule has 2 atom stereocenters. The standard InChI is InChI=1S/C18H22N4O2S/c1-11-13(12(2)24-21-11)9-22-8-7-14(16(23)10-22)19-18-20-15-5-3-4-6-17(15)25-18/h3-6,14,16,23H,7-10H2,1-2H3,(H,19,20)/t14-,16-/m1/s1. The van der Waals surface area contributed by atoms with E-state index in [1.54, 1.807) is 11.3 Å². The van der Waals surface area contributed by atoms with Gasteiger partial charge >= 0.3 is 0 Å². The van der Waals surface area contributed by atoms with Gasteiger partial charge in [-0.3, -0.25) is 4.90 Å². The summed E-state index contributed by atoms with van der Waals surface area (Å²) >= 11 is 1.63. The number of thiazole rings is 1. The van der Waals surface area contributed by atoms with Crippen LogP contribution in [0.25, 0.3) is 10.2 Å². The minimum atomic E-state index is -0.429. The highest BCUT2D eigenvalue weighted by Gasteiger charge is 2.29. The molecule has 7 heteroatoms. The maximum atomic E-state index is 10.6. The van der Waals surface area contributed by atoms with Crippen LogP contribution in [0.2, 0.25) is 0 Å². The summed E-state index contributed by atoms with van der Waals surface area (Å²) in [6, 6.07) is 8.13. The van der Waals surface area contributed by atoms with Crippen LogP contribution in [0.4, 0.5) is 5.13 Å². The number of anilines is 1. The van der Waals surface area contributed by atoms with E-state index < -0.39 is 6.10 Å². The quantitative estimate of drug-likeness (QED) is 0.747. The zero-order valence-corrected chi connectivity index (χ0v) is 15.2. The molecule has 25 heavy (non-hydrogen) atoms. The van der Waals surface area contributed by atoms with E-state index in [1.165, 1.54) is 0 Å². The lowest BCUT2D eigenvalue weighted by molar-refractivity contribution is 0.0559. The first-order valence-electron chi connectivity index (χ1n) is 8.54. The molecular formula is C18H22N4O2S. The average Bonchev–Trinajstić information content (AvgIpc) is 3.14. The van der Waals surface area contributed by atoms with Gasteiger partial charge in [-0.2, -0.15) is 0 Å². The van der Waals surface area contributed by atoms with E-state index in [9.17, 15) is 5.11 Å². The SMILES string of the molecule is Cc1noc(C)c1CN1CC[C@@H](Nc2nc3ccccc3s2)[C@H](O)C1. The van der Waals surface area contributed by atoms with Crippen molar-refractivity contribution >= 4 is 26.7 Å². The van der Waals surface area contributed by atoms with Gasteiger partial charge in [0, 0.05) is 25.2 Å². The second-order valence-corrected chi connectivity index (χ2v) is 7.66. The summed E-state index contributed by atoms with van der Waals surface area (Å²) < 4.78 is 6.40. The number of benzene rings is 1. The number of nitrogens with one attached hydrogen (secondary N) is 1. The van der Waals surface area contributed by atoms with Gasteiger partial charge in [-0.25, -0.2) is 4.98 Å². The van der Waals surface area contributed by atoms with Crippen molar-refractivity contribution < 1.29 is 9.63 Å². The third-order valence-corrected chi connectivity index (χ3v) is 5.80. The molecule has 1 aliphatic rings. The maximum Gasteiger partial charge on any atom is 0.184 e. The van der Waals surface area contributed by atoms with E-state index in [0.29, 0.717) is 6.54 Å². The molecule has 0 saturated carbocycles. The number of hydrogen-bond donors (Lipinski definition) is 2. The first-order chi connectivity index (χ1) is 12.1. The number of piperidine rings is 1. The second-order valence-electron chi connectivity index (χ2n) is 6.63. The average molecular weight is 358 g/mol. The van der Waals surface area contributed by atoms with Crippen molar-refractivity contribution in [3.63, 3.8) is 0 Å². The van der Waals surface area contributed by atoms with E-state index in [-0.39, 0.29) is 6.04 Å². The Morgan fingerprint density at radius 1 is 1.36 bits per heavy atom. The van der Waals surface area contributed by atoms with Crippen LogP contribution in [0.3, 0.4) is 0 Å². The van der Waals surface area contributed by atoms with Crippen LogP contribution >= 0.6 is 11.3 Å². The Hall–Kier alpha value is -1.96. The zero-order chi connectivity index (χ0) is 17.4. The molecule has 1 aromatic carbocycles. The summed E-state index contributed by atoms with van der Waals surface area (Å²) in [5.74, 6) is 0.863. The highest BCUT2D eigenvalue weighted by Crippen LogP contribution is 2.28. The minimum Gasteiger partial charge on any atom is -0.390 e. The third-order valence-electron chi connectivity index (χ3n) is 4.83. The third kappa shape index (κ3) is 3.40. The van der Waals surface area contributed by atoms with Crippen LogP contribution < -0.4 is 5.32 Å². The predicted molar refractivity (Wildman–Crippen MR) is 98.9 cm³/mol. The number of aliphatic hydroxyl groups is 1. The highest BCUT2D eigenvalue weighted by atomic mass is 32.1. The van der Waals surface area contributed by atoms with Crippen LogP contribution in [0.5, 0.6) is 0 Å². The normalized spacial score (nSPS) is 21.7. The van der Waals surface area contributed by atoms with Crippen molar-refractivity contribution in [2.24, 2.45) is 0 Å². The Morgan fingerprint density at radius 3 is 2.92 bits per heavy atom. The van der Waals surface area contributed by atoms with Crippen molar-refractivity contribution in [2.75, 3.05) is 18.4 Å². The number of hydrogen-bond acceptors (Lipinski definition) is 7. The van der Waals surface area contributed by atoms with Crippen LogP contribution in [-0.2, 0) is 6.54 Å². The van der Waals surface area contributed by atoms with Crippen LogP contribution in [0.15, 0.2) is 28.8 Å². The van der Waals surface area contributed by atoms with E-state index in [4.69, 9.17) is 4.52 Å². The molecule has 0 amide bonds. The monoisotopic (exact) mass is 358 g/mol. The Bertz CT molecular complexity index is 822. The molecule has 0 radical (unpaired) electrons. The highest BCUT2D eigenvalue weighted by molar-refractivity contribution is 7.22. The fourth-order valence-corrected chi connectivity index (χ4v) is 4.28. The van der Waals surface area contributed by atoms with Gasteiger partial charge in [-0.05, 0) is 32.4 Å². The number of fused-ring (bicyclic) bond motifs is 1. The van der Waals surface area contributed by atoms with Crippen molar-refractivity contribution in [3.05, 3.63) is 41.3 Å². The smallest absolute Gasteiger partial charge is 0.184 e. The predicted octanol–water partition coefficient (Wildman–Crippen LogP) is 2.95. The van der Waals surface area contributed by atoms with Crippen LogP contribution in [0, 0.1) is 13.8 Å². The Balaban J connectivity index is 1.39. The molecule has 132 valence electrons. The number of rotatable bonds is 4. The molecule has 1 fully saturated rings.